The molecule has 2 heteroatoms. The first kappa shape index (κ1) is 39.0. The van der Waals surface area contributed by atoms with Gasteiger partial charge in [0.05, 0.1) is 10.8 Å². The van der Waals surface area contributed by atoms with Crippen LogP contribution in [0.2, 0.25) is 0 Å². The van der Waals surface area contributed by atoms with Crippen LogP contribution in [0.15, 0.2) is 218 Å². The zero-order valence-corrected chi connectivity index (χ0v) is 37.1. The van der Waals surface area contributed by atoms with Gasteiger partial charge in [-0.1, -0.05) is 222 Å². The smallest absolute Gasteiger partial charge is 0.178 e. The van der Waals surface area contributed by atoms with Gasteiger partial charge in [-0.05, 0) is 108 Å². The first-order valence-electron chi connectivity index (χ1n) is 23.0. The molecule has 3 aliphatic carbocycles. The summed E-state index contributed by atoms with van der Waals surface area (Å²) in [6.07, 6.45) is 2.46. The fourth-order valence-electron chi connectivity index (χ4n) is 11.4. The summed E-state index contributed by atoms with van der Waals surface area (Å²) in [5.41, 5.74) is 19.0. The van der Waals surface area contributed by atoms with Crippen molar-refractivity contribution in [2.45, 2.75) is 43.9 Å². The predicted octanol–water partition coefficient (Wildman–Crippen LogP) is 16.3. The molecule has 0 N–H and O–H groups in total. The Balaban J connectivity index is 0.00000219. The van der Waals surface area contributed by atoms with Crippen LogP contribution in [0.5, 0.6) is 23.0 Å². The number of ether oxygens (including phenoxy) is 2. The quantitative estimate of drug-likeness (QED) is 0.166. The third-order valence-electron chi connectivity index (χ3n) is 14.4. The Bertz CT molecular complexity index is 3320. The van der Waals surface area contributed by atoms with Crippen molar-refractivity contribution in [1.82, 2.24) is 0 Å². The summed E-state index contributed by atoms with van der Waals surface area (Å²) in [6.45, 7) is 8.72. The molecule has 0 radical (unpaired) electrons. The van der Waals surface area contributed by atoms with Gasteiger partial charge in [0.1, 0.15) is 0 Å². The second kappa shape index (κ2) is 14.7. The van der Waals surface area contributed by atoms with Crippen LogP contribution in [0.25, 0.3) is 39.0 Å². The molecule has 312 valence electrons. The Morgan fingerprint density at radius 2 is 0.938 bits per heavy atom. The molecular formula is C63H48O2. The van der Waals surface area contributed by atoms with E-state index in [2.05, 4.69) is 232 Å². The average Bonchev–Trinajstić information content (AvgIpc) is 4.01. The van der Waals surface area contributed by atoms with Crippen LogP contribution in [0.1, 0.15) is 77.8 Å². The summed E-state index contributed by atoms with van der Waals surface area (Å²) in [7, 11) is 0. The third kappa shape index (κ3) is 5.60. The van der Waals surface area contributed by atoms with Gasteiger partial charge in [0, 0.05) is 11.0 Å². The minimum absolute atomic E-state index is 0.0764. The van der Waals surface area contributed by atoms with E-state index in [-0.39, 0.29) is 10.8 Å². The maximum atomic E-state index is 6.96. The van der Waals surface area contributed by atoms with E-state index in [1.54, 1.807) is 0 Å². The van der Waals surface area contributed by atoms with Gasteiger partial charge in [-0.15, -0.1) is 0 Å². The van der Waals surface area contributed by atoms with Gasteiger partial charge in [-0.3, -0.25) is 0 Å². The van der Waals surface area contributed by atoms with E-state index in [1.807, 2.05) is 13.8 Å². The van der Waals surface area contributed by atoms with Crippen molar-refractivity contribution in [2.24, 2.45) is 0 Å². The third-order valence-corrected chi connectivity index (χ3v) is 14.4. The molecule has 9 aromatic rings. The Labute approximate surface area is 382 Å². The second-order valence-corrected chi connectivity index (χ2v) is 18.0. The number of allylic oxidation sites excluding steroid dienone is 2. The van der Waals surface area contributed by atoms with Crippen LogP contribution in [0, 0.1) is 0 Å². The van der Waals surface area contributed by atoms with Crippen molar-refractivity contribution in [3.05, 3.63) is 268 Å². The molecule has 1 unspecified atom stereocenters. The largest absolute Gasteiger partial charge is 0.449 e. The highest BCUT2D eigenvalue weighted by Crippen LogP contribution is 2.63. The number of hydrogen-bond acceptors (Lipinski definition) is 2. The van der Waals surface area contributed by atoms with Crippen molar-refractivity contribution in [1.29, 1.82) is 0 Å². The molecule has 1 atom stereocenters. The fraction of sp³-hybridized carbons (Fsp3) is 0.111. The van der Waals surface area contributed by atoms with Crippen LogP contribution in [-0.4, -0.2) is 0 Å². The van der Waals surface area contributed by atoms with E-state index in [1.165, 1.54) is 66.8 Å². The van der Waals surface area contributed by atoms with Crippen molar-refractivity contribution in [3.63, 3.8) is 0 Å². The van der Waals surface area contributed by atoms with Crippen molar-refractivity contribution >= 4 is 5.57 Å². The lowest BCUT2D eigenvalue weighted by Crippen LogP contribution is -2.28. The Morgan fingerprint density at radius 3 is 1.66 bits per heavy atom. The summed E-state index contributed by atoms with van der Waals surface area (Å²) in [5, 5.41) is 0. The molecule has 13 rings (SSSR count). The van der Waals surface area contributed by atoms with E-state index < -0.39 is 5.41 Å². The average molecular weight is 837 g/mol. The molecule has 0 amide bonds. The molecule has 2 nitrogen and oxygen atoms in total. The number of fused-ring (bicyclic) bond motifs is 9. The summed E-state index contributed by atoms with van der Waals surface area (Å²) >= 11 is 0. The summed E-state index contributed by atoms with van der Waals surface area (Å²) in [6, 6.07) is 77.2. The Kier molecular flexibility index (Phi) is 8.80. The van der Waals surface area contributed by atoms with Crippen LogP contribution in [-0.2, 0) is 16.2 Å². The summed E-state index contributed by atoms with van der Waals surface area (Å²) in [4.78, 5) is 0. The zero-order chi connectivity index (χ0) is 43.9. The molecule has 0 fully saturated rings. The molecule has 0 bridgehead atoms. The lowest BCUT2D eigenvalue weighted by molar-refractivity contribution is 0.360. The van der Waals surface area contributed by atoms with Gasteiger partial charge in [0.2, 0.25) is 0 Å². The Hall–Kier alpha value is -7.68. The van der Waals surface area contributed by atoms with Gasteiger partial charge < -0.3 is 9.47 Å². The highest BCUT2D eigenvalue weighted by atomic mass is 16.6. The van der Waals surface area contributed by atoms with E-state index in [0.29, 0.717) is 11.5 Å². The minimum atomic E-state index is -0.514. The minimum Gasteiger partial charge on any atom is -0.449 e. The summed E-state index contributed by atoms with van der Waals surface area (Å²) in [5.74, 6) is 2.89. The second-order valence-electron chi connectivity index (χ2n) is 18.0. The molecular weight excluding hydrogens is 789 g/mol. The standard InChI is InChI=1S/C61H42O2.C2H6/c1-59(2)49-27-14-12-25-46(49)47-31-30-45(37-52(47)59)60(42-19-6-3-7-20-42)38-53(60)41-18-16-17-39(35-41)40-29-33-54-56(36-40)62-55-34-32-51-57(58(55)63-54)48-26-13-15-28-50(48)61(51,43-21-8-4-9-22-43)44-23-10-5-11-24-44;1-2/h3-38H,1-2H3;1-2H3. The molecule has 0 spiro atoms. The SMILES string of the molecule is CC.CC1(C)c2ccccc2-c2ccc(C3(c4ccccc4)C=C3c3cccc(-c4ccc5c(c4)Oc4ccc6c(c4O5)-c4ccccc4C6(c4ccccc4)c4ccccc4)c3)cc21. The van der Waals surface area contributed by atoms with Crippen LogP contribution >= 0.6 is 0 Å². The van der Waals surface area contributed by atoms with E-state index in [4.69, 9.17) is 9.47 Å². The lowest BCUT2D eigenvalue weighted by Gasteiger charge is -2.34. The van der Waals surface area contributed by atoms with E-state index in [0.717, 1.165) is 33.8 Å². The fourth-order valence-corrected chi connectivity index (χ4v) is 11.4. The van der Waals surface area contributed by atoms with Gasteiger partial charge in [0.25, 0.3) is 0 Å². The highest BCUT2D eigenvalue weighted by molar-refractivity contribution is 5.97. The molecule has 1 heterocycles. The monoisotopic (exact) mass is 836 g/mol. The molecule has 0 saturated heterocycles. The van der Waals surface area contributed by atoms with Crippen molar-refractivity contribution in [3.8, 4) is 56.4 Å². The number of hydrogen-bond donors (Lipinski definition) is 0. The molecule has 0 saturated carbocycles. The van der Waals surface area contributed by atoms with Crippen molar-refractivity contribution < 1.29 is 9.47 Å². The normalized spacial score (nSPS) is 17.0. The van der Waals surface area contributed by atoms with E-state index in [9.17, 15) is 0 Å². The number of rotatable bonds is 6. The van der Waals surface area contributed by atoms with Gasteiger partial charge >= 0.3 is 0 Å². The lowest BCUT2D eigenvalue weighted by atomic mass is 9.68. The summed E-state index contributed by atoms with van der Waals surface area (Å²) < 4.78 is 13.8. The molecule has 9 aromatic carbocycles. The van der Waals surface area contributed by atoms with E-state index >= 15 is 0 Å². The highest BCUT2D eigenvalue weighted by Gasteiger charge is 2.50. The zero-order valence-electron chi connectivity index (χ0n) is 37.1. The van der Waals surface area contributed by atoms with Gasteiger partial charge in [-0.2, -0.15) is 0 Å². The number of benzene rings is 9. The van der Waals surface area contributed by atoms with Gasteiger partial charge in [0.15, 0.2) is 23.0 Å². The first-order chi connectivity index (χ1) is 32.0. The van der Waals surface area contributed by atoms with Crippen LogP contribution in [0.3, 0.4) is 0 Å². The molecule has 65 heavy (non-hydrogen) atoms. The van der Waals surface area contributed by atoms with Gasteiger partial charge in [-0.25, -0.2) is 0 Å². The topological polar surface area (TPSA) is 18.5 Å². The van der Waals surface area contributed by atoms with Crippen LogP contribution < -0.4 is 9.47 Å². The molecule has 0 aromatic heterocycles. The van der Waals surface area contributed by atoms with Crippen molar-refractivity contribution in [2.75, 3.05) is 0 Å². The van der Waals surface area contributed by atoms with Crippen LogP contribution in [0.4, 0.5) is 0 Å². The first-order valence-corrected chi connectivity index (χ1v) is 23.0. The Morgan fingerprint density at radius 1 is 0.354 bits per heavy atom. The maximum Gasteiger partial charge on any atom is 0.178 e. The maximum absolute atomic E-state index is 6.96. The molecule has 4 aliphatic rings. The molecule has 1 aliphatic heterocycles. The predicted molar refractivity (Wildman–Crippen MR) is 266 cm³/mol.